The van der Waals surface area contributed by atoms with Gasteiger partial charge in [-0.15, -0.1) is 0 Å². The molecule has 0 radical (unpaired) electrons. The molecular formula is C10H13F2NO. The second-order valence-electron chi connectivity index (χ2n) is 3.05. The largest absolute Gasteiger partial charge is 0.496 e. The monoisotopic (exact) mass is 201 g/mol. The van der Waals surface area contributed by atoms with Crippen molar-refractivity contribution in [2.24, 2.45) is 5.73 Å². The first-order chi connectivity index (χ1) is 6.60. The van der Waals surface area contributed by atoms with Gasteiger partial charge >= 0.3 is 0 Å². The highest BCUT2D eigenvalue weighted by Gasteiger charge is 2.17. The molecule has 78 valence electrons. The van der Waals surface area contributed by atoms with E-state index in [1.807, 2.05) is 0 Å². The summed E-state index contributed by atoms with van der Waals surface area (Å²) >= 11 is 0. The predicted molar refractivity (Wildman–Crippen MR) is 50.6 cm³/mol. The van der Waals surface area contributed by atoms with Gasteiger partial charge in [-0.2, -0.15) is 0 Å². The molecule has 0 aliphatic carbocycles. The van der Waals surface area contributed by atoms with Crippen LogP contribution in [0.4, 0.5) is 8.78 Å². The Morgan fingerprint density at radius 3 is 2.50 bits per heavy atom. The summed E-state index contributed by atoms with van der Waals surface area (Å²) < 4.78 is 30.1. The van der Waals surface area contributed by atoms with Crippen molar-refractivity contribution in [3.8, 4) is 5.75 Å². The van der Waals surface area contributed by atoms with Gasteiger partial charge in [0.2, 0.25) is 0 Å². The first-order valence-corrected chi connectivity index (χ1v) is 4.25. The predicted octanol–water partition coefficient (Wildman–Crippen LogP) is 2.40. The fraction of sp³-hybridized carbons (Fsp3) is 0.400. The molecule has 2 N–H and O–H groups in total. The number of benzene rings is 1. The number of ether oxygens (including phenoxy) is 1. The van der Waals surface area contributed by atoms with Crippen LogP contribution < -0.4 is 10.5 Å². The van der Waals surface area contributed by atoms with Gasteiger partial charge in [-0.1, -0.05) is 11.6 Å². The maximum Gasteiger partial charge on any atom is 0.267 e. The van der Waals surface area contributed by atoms with Gasteiger partial charge in [0.15, 0.2) is 0 Å². The van der Waals surface area contributed by atoms with Crippen LogP contribution in [0.25, 0.3) is 0 Å². The Bertz CT molecular complexity index is 326. The van der Waals surface area contributed by atoms with Crippen molar-refractivity contribution in [1.29, 1.82) is 0 Å². The first kappa shape index (κ1) is 10.9. The zero-order chi connectivity index (χ0) is 10.7. The van der Waals surface area contributed by atoms with Crippen LogP contribution in [0.3, 0.4) is 0 Å². The zero-order valence-corrected chi connectivity index (χ0v) is 8.18. The smallest absolute Gasteiger partial charge is 0.267 e. The highest BCUT2D eigenvalue weighted by molar-refractivity contribution is 5.45. The van der Waals surface area contributed by atoms with E-state index in [0.29, 0.717) is 5.56 Å². The van der Waals surface area contributed by atoms with Gasteiger partial charge in [-0.05, 0) is 13.0 Å². The average Bonchev–Trinajstić information content (AvgIpc) is 2.16. The maximum atomic E-state index is 12.6. The average molecular weight is 201 g/mol. The van der Waals surface area contributed by atoms with E-state index >= 15 is 0 Å². The lowest BCUT2D eigenvalue weighted by molar-refractivity contribution is 0.146. The molecule has 0 heterocycles. The summed E-state index contributed by atoms with van der Waals surface area (Å²) in [5.74, 6) is 0.202. The first-order valence-electron chi connectivity index (χ1n) is 4.25. The van der Waals surface area contributed by atoms with Crippen LogP contribution in [-0.2, 0) is 6.54 Å². The minimum Gasteiger partial charge on any atom is -0.496 e. The number of alkyl halides is 2. The van der Waals surface area contributed by atoms with Crippen LogP contribution in [0, 0.1) is 6.92 Å². The van der Waals surface area contributed by atoms with Gasteiger partial charge in [-0.3, -0.25) is 0 Å². The second-order valence-corrected chi connectivity index (χ2v) is 3.05. The van der Waals surface area contributed by atoms with Gasteiger partial charge in [0.05, 0.1) is 12.7 Å². The van der Waals surface area contributed by atoms with E-state index in [1.54, 1.807) is 13.0 Å². The molecule has 14 heavy (non-hydrogen) atoms. The lowest BCUT2D eigenvalue weighted by atomic mass is 10.0. The van der Waals surface area contributed by atoms with Crippen molar-refractivity contribution in [3.05, 3.63) is 28.8 Å². The molecule has 0 unspecified atom stereocenters. The second kappa shape index (κ2) is 4.37. The molecule has 0 spiro atoms. The molecular weight excluding hydrogens is 188 g/mol. The van der Waals surface area contributed by atoms with Crippen LogP contribution in [0.1, 0.15) is 23.1 Å². The molecule has 2 nitrogen and oxygen atoms in total. The third-order valence-corrected chi connectivity index (χ3v) is 2.00. The summed E-state index contributed by atoms with van der Waals surface area (Å²) in [4.78, 5) is 0. The van der Waals surface area contributed by atoms with Crippen LogP contribution in [0.2, 0.25) is 0 Å². The molecule has 0 atom stereocenters. The summed E-state index contributed by atoms with van der Waals surface area (Å²) in [7, 11) is 1.37. The Kier molecular flexibility index (Phi) is 3.41. The van der Waals surface area contributed by atoms with E-state index in [1.165, 1.54) is 13.2 Å². The molecule has 0 amide bonds. The number of hydrogen-bond acceptors (Lipinski definition) is 2. The number of hydrogen-bond donors (Lipinski definition) is 1. The van der Waals surface area contributed by atoms with Crippen LogP contribution in [0.5, 0.6) is 5.75 Å². The van der Waals surface area contributed by atoms with Crippen LogP contribution >= 0.6 is 0 Å². The number of aryl methyl sites for hydroxylation is 1. The molecule has 4 heteroatoms. The molecule has 0 saturated heterocycles. The Morgan fingerprint density at radius 1 is 1.43 bits per heavy atom. The highest BCUT2D eigenvalue weighted by Crippen LogP contribution is 2.32. The van der Waals surface area contributed by atoms with E-state index < -0.39 is 6.43 Å². The SMILES string of the molecule is COc1c(CN)cc(C)cc1C(F)F. The number of nitrogens with two attached hydrogens (primary N) is 1. The summed E-state index contributed by atoms with van der Waals surface area (Å²) in [6.45, 7) is 1.95. The molecule has 1 aromatic rings. The Morgan fingerprint density at radius 2 is 2.07 bits per heavy atom. The van der Waals surface area contributed by atoms with Gasteiger partial charge < -0.3 is 10.5 Å². The van der Waals surface area contributed by atoms with E-state index in [2.05, 4.69) is 0 Å². The fourth-order valence-corrected chi connectivity index (χ4v) is 1.44. The highest BCUT2D eigenvalue weighted by atomic mass is 19.3. The standard InChI is InChI=1S/C10H13F2NO/c1-6-3-7(5-13)9(14-2)8(4-6)10(11)12/h3-4,10H,5,13H2,1-2H3. The van der Waals surface area contributed by atoms with Crippen molar-refractivity contribution >= 4 is 0 Å². The van der Waals surface area contributed by atoms with Crippen molar-refractivity contribution in [1.82, 2.24) is 0 Å². The Labute approximate surface area is 81.7 Å². The minimum atomic E-state index is -2.53. The molecule has 0 aliphatic rings. The summed E-state index contributed by atoms with van der Waals surface area (Å²) in [6.07, 6.45) is -2.53. The van der Waals surface area contributed by atoms with Crippen molar-refractivity contribution in [2.75, 3.05) is 7.11 Å². The molecule has 1 aromatic carbocycles. The molecule has 0 bridgehead atoms. The molecule has 0 aliphatic heterocycles. The number of rotatable bonds is 3. The molecule has 0 saturated carbocycles. The van der Waals surface area contributed by atoms with Crippen molar-refractivity contribution in [2.45, 2.75) is 19.9 Å². The van der Waals surface area contributed by atoms with Crippen LogP contribution in [-0.4, -0.2) is 7.11 Å². The summed E-state index contributed by atoms with van der Waals surface area (Å²) in [5, 5.41) is 0. The van der Waals surface area contributed by atoms with E-state index in [4.69, 9.17) is 10.5 Å². The van der Waals surface area contributed by atoms with Gasteiger partial charge in [-0.25, -0.2) is 8.78 Å². The third kappa shape index (κ3) is 2.01. The number of methoxy groups -OCH3 is 1. The topological polar surface area (TPSA) is 35.2 Å². The van der Waals surface area contributed by atoms with E-state index in [9.17, 15) is 8.78 Å². The molecule has 0 fully saturated rings. The van der Waals surface area contributed by atoms with Gasteiger partial charge in [0.1, 0.15) is 5.75 Å². The minimum absolute atomic E-state index is 0.0899. The maximum absolute atomic E-state index is 12.6. The quantitative estimate of drug-likeness (QED) is 0.815. The van der Waals surface area contributed by atoms with Gasteiger partial charge in [0.25, 0.3) is 6.43 Å². The molecule has 1 rings (SSSR count). The van der Waals surface area contributed by atoms with Crippen molar-refractivity contribution < 1.29 is 13.5 Å². The Hall–Kier alpha value is -1.16. The molecule has 0 aromatic heterocycles. The fourth-order valence-electron chi connectivity index (χ4n) is 1.44. The third-order valence-electron chi connectivity index (χ3n) is 2.00. The number of halogens is 2. The van der Waals surface area contributed by atoms with Gasteiger partial charge in [0, 0.05) is 12.1 Å². The normalized spacial score (nSPS) is 10.7. The Balaban J connectivity index is 3.31. The summed E-state index contributed by atoms with van der Waals surface area (Å²) in [6, 6.07) is 3.17. The zero-order valence-electron chi connectivity index (χ0n) is 8.18. The summed E-state index contributed by atoms with van der Waals surface area (Å²) in [5.41, 5.74) is 6.73. The van der Waals surface area contributed by atoms with E-state index in [-0.39, 0.29) is 17.9 Å². The lowest BCUT2D eigenvalue weighted by Crippen LogP contribution is -2.03. The lowest BCUT2D eigenvalue weighted by Gasteiger charge is -2.13. The van der Waals surface area contributed by atoms with Crippen LogP contribution in [0.15, 0.2) is 12.1 Å². The van der Waals surface area contributed by atoms with E-state index in [0.717, 1.165) is 5.56 Å². The van der Waals surface area contributed by atoms with Crippen molar-refractivity contribution in [3.63, 3.8) is 0 Å².